The second kappa shape index (κ2) is 8.73. The van der Waals surface area contributed by atoms with E-state index in [4.69, 9.17) is 4.74 Å². The summed E-state index contributed by atoms with van der Waals surface area (Å²) in [5, 5.41) is 3.56. The van der Waals surface area contributed by atoms with Gasteiger partial charge in [0.2, 0.25) is 0 Å². The van der Waals surface area contributed by atoms with E-state index in [1.54, 1.807) is 18.7 Å². The first-order valence-electron chi connectivity index (χ1n) is 8.99. The van der Waals surface area contributed by atoms with Crippen molar-refractivity contribution in [1.82, 2.24) is 0 Å². The quantitative estimate of drug-likeness (QED) is 0.547. The molecular formula is C20H23NO3S2. The maximum atomic E-state index is 12.7. The summed E-state index contributed by atoms with van der Waals surface area (Å²) in [4.78, 5) is 27.5. The Kier molecular flexibility index (Phi) is 6.38. The van der Waals surface area contributed by atoms with E-state index in [-0.39, 0.29) is 11.9 Å². The number of thiophene rings is 1. The zero-order valence-corrected chi connectivity index (χ0v) is 16.7. The van der Waals surface area contributed by atoms with Crippen molar-refractivity contribution >= 4 is 40.0 Å². The number of hydrogen-bond acceptors (Lipinski definition) is 5. The molecule has 6 heteroatoms. The molecule has 26 heavy (non-hydrogen) atoms. The van der Waals surface area contributed by atoms with E-state index in [9.17, 15) is 9.59 Å². The number of fused-ring (bicyclic) bond motifs is 1. The number of thioether (sulfide) groups is 1. The number of rotatable bonds is 6. The van der Waals surface area contributed by atoms with Crippen LogP contribution in [0.4, 0.5) is 5.00 Å². The van der Waals surface area contributed by atoms with Gasteiger partial charge in [0, 0.05) is 15.3 Å². The van der Waals surface area contributed by atoms with Crippen molar-refractivity contribution in [2.75, 3.05) is 17.7 Å². The van der Waals surface area contributed by atoms with Gasteiger partial charge >= 0.3 is 5.97 Å². The number of aryl methyl sites for hydroxylation is 1. The van der Waals surface area contributed by atoms with Gasteiger partial charge in [-0.15, -0.1) is 23.1 Å². The lowest BCUT2D eigenvalue weighted by molar-refractivity contribution is 0.0526. The van der Waals surface area contributed by atoms with E-state index < -0.39 is 0 Å². The van der Waals surface area contributed by atoms with Crippen molar-refractivity contribution in [2.24, 2.45) is 0 Å². The fourth-order valence-electron chi connectivity index (χ4n) is 3.12. The minimum Gasteiger partial charge on any atom is -0.462 e. The van der Waals surface area contributed by atoms with Gasteiger partial charge in [0.25, 0.3) is 5.91 Å². The van der Waals surface area contributed by atoms with Crippen LogP contribution in [0, 0.1) is 0 Å². The molecule has 1 heterocycles. The standard InChI is InChI=1S/C20H23NO3S2/c1-3-24-20(23)17-15-7-5-6-8-16(15)26-19(17)21-18(22)13-9-11-14(12-10-13)25-4-2/h9-12H,3-8H2,1-2H3,(H,21,22). The molecule has 1 aliphatic carbocycles. The van der Waals surface area contributed by atoms with Crippen LogP contribution in [0.15, 0.2) is 29.2 Å². The van der Waals surface area contributed by atoms with Gasteiger partial charge < -0.3 is 10.1 Å². The van der Waals surface area contributed by atoms with Crippen LogP contribution < -0.4 is 5.32 Å². The number of benzene rings is 1. The predicted molar refractivity (Wildman–Crippen MR) is 108 cm³/mol. The van der Waals surface area contributed by atoms with Crippen molar-refractivity contribution in [3.8, 4) is 0 Å². The SMILES string of the molecule is CCOC(=O)c1c(NC(=O)c2ccc(SCC)cc2)sc2c1CCCC2. The molecule has 1 aromatic carbocycles. The van der Waals surface area contributed by atoms with Gasteiger partial charge in [-0.2, -0.15) is 0 Å². The van der Waals surface area contributed by atoms with Gasteiger partial charge in [-0.25, -0.2) is 4.79 Å². The third-order valence-electron chi connectivity index (χ3n) is 4.31. The molecule has 2 aromatic rings. The van der Waals surface area contributed by atoms with E-state index in [1.807, 2.05) is 24.3 Å². The van der Waals surface area contributed by atoms with Crippen LogP contribution in [0.2, 0.25) is 0 Å². The molecule has 4 nitrogen and oxygen atoms in total. The van der Waals surface area contributed by atoms with Gasteiger partial charge in [-0.1, -0.05) is 6.92 Å². The highest BCUT2D eigenvalue weighted by Crippen LogP contribution is 2.38. The first kappa shape index (κ1) is 19.0. The topological polar surface area (TPSA) is 55.4 Å². The minimum atomic E-state index is -0.336. The van der Waals surface area contributed by atoms with Crippen molar-refractivity contribution < 1.29 is 14.3 Å². The Bertz CT molecular complexity index is 796. The van der Waals surface area contributed by atoms with Gasteiger partial charge in [-0.3, -0.25) is 4.79 Å². The molecule has 3 rings (SSSR count). The molecule has 1 amide bonds. The van der Waals surface area contributed by atoms with Gasteiger partial charge in [0.05, 0.1) is 12.2 Å². The Labute approximate surface area is 162 Å². The molecule has 1 N–H and O–H groups in total. The van der Waals surface area contributed by atoms with Crippen LogP contribution in [0.25, 0.3) is 0 Å². The van der Waals surface area contributed by atoms with Crippen molar-refractivity contribution in [3.63, 3.8) is 0 Å². The average molecular weight is 390 g/mol. The van der Waals surface area contributed by atoms with Crippen molar-refractivity contribution in [2.45, 2.75) is 44.4 Å². The van der Waals surface area contributed by atoms with Crippen LogP contribution in [0.1, 0.15) is 57.8 Å². The van der Waals surface area contributed by atoms with E-state index >= 15 is 0 Å². The molecule has 0 radical (unpaired) electrons. The highest BCUT2D eigenvalue weighted by molar-refractivity contribution is 7.99. The first-order chi connectivity index (χ1) is 12.6. The number of ether oxygens (including phenoxy) is 1. The molecule has 1 aromatic heterocycles. The monoisotopic (exact) mass is 389 g/mol. The Hall–Kier alpha value is -1.79. The van der Waals surface area contributed by atoms with E-state index in [1.165, 1.54) is 16.2 Å². The lowest BCUT2D eigenvalue weighted by Gasteiger charge is -2.12. The summed E-state index contributed by atoms with van der Waals surface area (Å²) in [5.74, 6) is 0.467. The maximum Gasteiger partial charge on any atom is 0.341 e. The largest absolute Gasteiger partial charge is 0.462 e. The second-order valence-electron chi connectivity index (χ2n) is 6.05. The third-order valence-corrected chi connectivity index (χ3v) is 6.41. The molecule has 0 atom stereocenters. The zero-order chi connectivity index (χ0) is 18.5. The highest BCUT2D eigenvalue weighted by Gasteiger charge is 2.27. The molecule has 138 valence electrons. The molecule has 0 spiro atoms. The second-order valence-corrected chi connectivity index (χ2v) is 8.49. The van der Waals surface area contributed by atoms with Gasteiger partial charge in [0.15, 0.2) is 0 Å². The number of hydrogen-bond donors (Lipinski definition) is 1. The molecule has 0 bridgehead atoms. The molecule has 0 fully saturated rings. The number of esters is 1. The molecule has 0 saturated carbocycles. The fourth-order valence-corrected chi connectivity index (χ4v) is 5.05. The summed E-state index contributed by atoms with van der Waals surface area (Å²) in [6, 6.07) is 7.55. The summed E-state index contributed by atoms with van der Waals surface area (Å²) < 4.78 is 5.24. The Balaban J connectivity index is 1.85. The fraction of sp³-hybridized carbons (Fsp3) is 0.400. The summed E-state index contributed by atoms with van der Waals surface area (Å²) >= 11 is 3.25. The van der Waals surface area contributed by atoms with Gasteiger partial charge in [-0.05, 0) is 68.2 Å². The normalized spacial score (nSPS) is 13.2. The van der Waals surface area contributed by atoms with Crippen LogP contribution in [-0.2, 0) is 17.6 Å². The number of carbonyl (C=O) groups excluding carboxylic acids is 2. The Morgan fingerprint density at radius 3 is 2.58 bits per heavy atom. The maximum absolute atomic E-state index is 12.7. The minimum absolute atomic E-state index is 0.192. The number of nitrogens with one attached hydrogen (secondary N) is 1. The number of carbonyl (C=O) groups is 2. The van der Waals surface area contributed by atoms with Gasteiger partial charge in [0.1, 0.15) is 5.00 Å². The summed E-state index contributed by atoms with van der Waals surface area (Å²) in [7, 11) is 0. The zero-order valence-electron chi connectivity index (χ0n) is 15.1. The number of anilines is 1. The highest BCUT2D eigenvalue weighted by atomic mass is 32.2. The molecular weight excluding hydrogens is 366 g/mol. The summed E-state index contributed by atoms with van der Waals surface area (Å²) in [5.41, 5.74) is 2.20. The number of amides is 1. The predicted octanol–water partition coefficient (Wildman–Crippen LogP) is 5.17. The summed E-state index contributed by atoms with van der Waals surface area (Å²) in [6.45, 7) is 4.22. The van der Waals surface area contributed by atoms with Crippen molar-refractivity contribution in [3.05, 3.63) is 45.8 Å². The van der Waals surface area contributed by atoms with Crippen LogP contribution in [0.5, 0.6) is 0 Å². The third kappa shape index (κ3) is 4.13. The van der Waals surface area contributed by atoms with Crippen molar-refractivity contribution in [1.29, 1.82) is 0 Å². The van der Waals surface area contributed by atoms with Crippen LogP contribution in [0.3, 0.4) is 0 Å². The lowest BCUT2D eigenvalue weighted by atomic mass is 9.95. The molecule has 0 saturated heterocycles. The van der Waals surface area contributed by atoms with E-state index in [0.29, 0.717) is 22.7 Å². The van der Waals surface area contributed by atoms with Crippen LogP contribution >= 0.6 is 23.1 Å². The van der Waals surface area contributed by atoms with E-state index in [2.05, 4.69) is 12.2 Å². The average Bonchev–Trinajstić information content (AvgIpc) is 3.00. The molecule has 1 aliphatic rings. The molecule has 0 unspecified atom stereocenters. The Morgan fingerprint density at radius 2 is 1.88 bits per heavy atom. The first-order valence-corrected chi connectivity index (χ1v) is 10.8. The Morgan fingerprint density at radius 1 is 1.15 bits per heavy atom. The molecule has 0 aliphatic heterocycles. The lowest BCUT2D eigenvalue weighted by Crippen LogP contribution is -2.15. The van der Waals surface area contributed by atoms with E-state index in [0.717, 1.165) is 41.9 Å². The van der Waals surface area contributed by atoms with Crippen LogP contribution in [-0.4, -0.2) is 24.2 Å². The smallest absolute Gasteiger partial charge is 0.341 e. The summed E-state index contributed by atoms with van der Waals surface area (Å²) in [6.07, 6.45) is 4.03.